The van der Waals surface area contributed by atoms with Gasteiger partial charge in [-0.05, 0) is 38.4 Å². The van der Waals surface area contributed by atoms with Crippen LogP contribution in [-0.2, 0) is 0 Å². The van der Waals surface area contributed by atoms with Gasteiger partial charge in [-0.1, -0.05) is 6.07 Å². The third kappa shape index (κ3) is 2.67. The molecule has 1 saturated heterocycles. The molecule has 1 aromatic rings. The molecule has 1 aromatic carbocycles. The molecule has 5 heteroatoms. The van der Waals surface area contributed by atoms with E-state index < -0.39 is 17.5 Å². The maximum Gasteiger partial charge on any atom is 0.254 e. The summed E-state index contributed by atoms with van der Waals surface area (Å²) >= 11 is 0. The molecular weight excluding hydrogens is 238 g/mol. The lowest BCUT2D eigenvalue weighted by molar-refractivity contribution is 0.0914. The predicted molar refractivity (Wildman–Crippen MR) is 64.3 cm³/mol. The molecule has 3 nitrogen and oxygen atoms in total. The van der Waals surface area contributed by atoms with E-state index >= 15 is 0 Å². The van der Waals surface area contributed by atoms with Crippen LogP contribution in [0.25, 0.3) is 0 Å². The van der Waals surface area contributed by atoms with Crippen molar-refractivity contribution in [2.75, 3.05) is 6.54 Å². The summed E-state index contributed by atoms with van der Waals surface area (Å²) in [6, 6.07) is 3.70. The maximum absolute atomic E-state index is 13.5. The summed E-state index contributed by atoms with van der Waals surface area (Å²) in [6.07, 6.45) is 1.80. The van der Waals surface area contributed by atoms with Crippen molar-refractivity contribution in [1.29, 1.82) is 0 Å². The van der Waals surface area contributed by atoms with Crippen LogP contribution in [0.15, 0.2) is 18.2 Å². The maximum atomic E-state index is 13.5. The number of rotatable bonds is 2. The summed E-state index contributed by atoms with van der Waals surface area (Å²) < 4.78 is 26.5. The number of piperidine rings is 1. The Hall–Kier alpha value is -1.49. The molecule has 2 N–H and O–H groups in total. The molecule has 1 amide bonds. The molecule has 1 aliphatic rings. The summed E-state index contributed by atoms with van der Waals surface area (Å²) in [5, 5.41) is 5.98. The van der Waals surface area contributed by atoms with Gasteiger partial charge in [-0.3, -0.25) is 4.79 Å². The first kappa shape index (κ1) is 13.0. The van der Waals surface area contributed by atoms with Gasteiger partial charge in [-0.2, -0.15) is 0 Å². The van der Waals surface area contributed by atoms with Crippen LogP contribution < -0.4 is 10.6 Å². The van der Waals surface area contributed by atoms with E-state index in [0.29, 0.717) is 0 Å². The highest BCUT2D eigenvalue weighted by Crippen LogP contribution is 2.13. The van der Waals surface area contributed by atoms with Crippen LogP contribution in [0.3, 0.4) is 0 Å². The molecule has 18 heavy (non-hydrogen) atoms. The number of carbonyl (C=O) groups is 1. The Morgan fingerprint density at radius 3 is 2.94 bits per heavy atom. The van der Waals surface area contributed by atoms with Gasteiger partial charge in [-0.15, -0.1) is 0 Å². The van der Waals surface area contributed by atoms with Crippen molar-refractivity contribution in [2.45, 2.75) is 31.8 Å². The van der Waals surface area contributed by atoms with Crippen LogP contribution in [-0.4, -0.2) is 24.5 Å². The van der Waals surface area contributed by atoms with Crippen LogP contribution in [0, 0.1) is 11.6 Å². The lowest BCUT2D eigenvalue weighted by atomic mass is 9.99. The number of amides is 1. The van der Waals surface area contributed by atoms with Gasteiger partial charge >= 0.3 is 0 Å². The fourth-order valence-electron chi connectivity index (χ4n) is 2.17. The molecule has 0 unspecified atom stereocenters. The first-order valence-electron chi connectivity index (χ1n) is 6.08. The largest absolute Gasteiger partial charge is 0.348 e. The minimum atomic E-state index is -1.09. The molecule has 0 radical (unpaired) electrons. The average molecular weight is 254 g/mol. The first-order chi connectivity index (χ1) is 8.59. The van der Waals surface area contributed by atoms with Gasteiger partial charge < -0.3 is 10.6 Å². The second kappa shape index (κ2) is 5.44. The topological polar surface area (TPSA) is 41.1 Å². The lowest BCUT2D eigenvalue weighted by Gasteiger charge is -2.30. The molecule has 2 atom stereocenters. The molecular formula is C13H16F2N2O. The van der Waals surface area contributed by atoms with Gasteiger partial charge in [0, 0.05) is 12.1 Å². The van der Waals surface area contributed by atoms with Crippen molar-refractivity contribution < 1.29 is 13.6 Å². The monoisotopic (exact) mass is 254 g/mol. The average Bonchev–Trinajstić information content (AvgIpc) is 2.35. The van der Waals surface area contributed by atoms with Crippen molar-refractivity contribution >= 4 is 5.91 Å². The number of halogens is 2. The Bertz CT molecular complexity index is 451. The predicted octanol–water partition coefficient (Wildman–Crippen LogP) is 1.84. The van der Waals surface area contributed by atoms with Crippen LogP contribution in [0.2, 0.25) is 0 Å². The number of hydrogen-bond donors (Lipinski definition) is 2. The van der Waals surface area contributed by atoms with Gasteiger partial charge in [0.1, 0.15) is 0 Å². The molecule has 1 fully saturated rings. The van der Waals surface area contributed by atoms with Gasteiger partial charge in [0.25, 0.3) is 5.91 Å². The minimum absolute atomic E-state index is 0.0473. The summed E-state index contributed by atoms with van der Waals surface area (Å²) in [5.74, 6) is -2.66. The fraction of sp³-hybridized carbons (Fsp3) is 0.462. The molecule has 0 spiro atoms. The van der Waals surface area contributed by atoms with E-state index in [9.17, 15) is 13.6 Å². The molecule has 1 heterocycles. The first-order valence-corrected chi connectivity index (χ1v) is 6.08. The van der Waals surface area contributed by atoms with Crippen molar-refractivity contribution in [3.05, 3.63) is 35.4 Å². The molecule has 0 bridgehead atoms. The number of carbonyl (C=O) groups excluding carboxylic acids is 1. The zero-order valence-electron chi connectivity index (χ0n) is 10.2. The van der Waals surface area contributed by atoms with Crippen molar-refractivity contribution in [2.24, 2.45) is 0 Å². The third-order valence-electron chi connectivity index (χ3n) is 3.27. The minimum Gasteiger partial charge on any atom is -0.348 e. The standard InChI is InChI=1S/C13H16F2N2O/c1-8-11(6-3-7-16-8)17-13(18)9-4-2-5-10(14)12(9)15/h2,4-5,8,11,16H,3,6-7H2,1H3,(H,17,18)/t8-,11+/m0/s1. The van der Waals surface area contributed by atoms with Gasteiger partial charge in [-0.25, -0.2) is 8.78 Å². The van der Waals surface area contributed by atoms with E-state index in [-0.39, 0.29) is 17.6 Å². The van der Waals surface area contributed by atoms with E-state index in [1.165, 1.54) is 12.1 Å². The van der Waals surface area contributed by atoms with E-state index in [0.717, 1.165) is 25.5 Å². The Morgan fingerprint density at radius 2 is 2.22 bits per heavy atom. The molecule has 0 aromatic heterocycles. The SMILES string of the molecule is C[C@@H]1NCCC[C@H]1NC(=O)c1cccc(F)c1F. The number of nitrogens with one attached hydrogen (secondary N) is 2. The third-order valence-corrected chi connectivity index (χ3v) is 3.27. The summed E-state index contributed by atoms with van der Waals surface area (Å²) in [4.78, 5) is 11.9. The van der Waals surface area contributed by atoms with E-state index in [1.54, 1.807) is 0 Å². The Kier molecular flexibility index (Phi) is 3.91. The fourth-order valence-corrected chi connectivity index (χ4v) is 2.17. The van der Waals surface area contributed by atoms with Crippen molar-refractivity contribution in [3.8, 4) is 0 Å². The number of benzene rings is 1. The molecule has 0 aliphatic carbocycles. The highest BCUT2D eigenvalue weighted by Gasteiger charge is 2.24. The second-order valence-corrected chi connectivity index (χ2v) is 4.57. The Labute approximate surface area is 105 Å². The van der Waals surface area contributed by atoms with Crippen LogP contribution in [0.5, 0.6) is 0 Å². The second-order valence-electron chi connectivity index (χ2n) is 4.57. The number of hydrogen-bond acceptors (Lipinski definition) is 2. The van der Waals surface area contributed by atoms with E-state index in [2.05, 4.69) is 10.6 Å². The lowest BCUT2D eigenvalue weighted by Crippen LogP contribution is -2.52. The summed E-state index contributed by atoms with van der Waals surface area (Å²) in [6.45, 7) is 2.88. The Morgan fingerprint density at radius 1 is 1.44 bits per heavy atom. The quantitative estimate of drug-likeness (QED) is 0.845. The summed E-state index contributed by atoms with van der Waals surface area (Å²) in [7, 11) is 0. The smallest absolute Gasteiger partial charge is 0.254 e. The highest BCUT2D eigenvalue weighted by atomic mass is 19.2. The molecule has 0 saturated carbocycles. The highest BCUT2D eigenvalue weighted by molar-refractivity contribution is 5.94. The van der Waals surface area contributed by atoms with Crippen LogP contribution >= 0.6 is 0 Å². The molecule has 2 rings (SSSR count). The van der Waals surface area contributed by atoms with Crippen molar-refractivity contribution in [3.63, 3.8) is 0 Å². The summed E-state index contributed by atoms with van der Waals surface area (Å²) in [5.41, 5.74) is -0.243. The van der Waals surface area contributed by atoms with E-state index in [4.69, 9.17) is 0 Å². The molecule has 98 valence electrons. The van der Waals surface area contributed by atoms with Crippen LogP contribution in [0.4, 0.5) is 8.78 Å². The van der Waals surface area contributed by atoms with Gasteiger partial charge in [0.15, 0.2) is 11.6 Å². The van der Waals surface area contributed by atoms with Crippen LogP contribution in [0.1, 0.15) is 30.1 Å². The van der Waals surface area contributed by atoms with Crippen molar-refractivity contribution in [1.82, 2.24) is 10.6 Å². The van der Waals surface area contributed by atoms with E-state index in [1.807, 2.05) is 6.92 Å². The van der Waals surface area contributed by atoms with Gasteiger partial charge in [0.05, 0.1) is 5.56 Å². The van der Waals surface area contributed by atoms with Gasteiger partial charge in [0.2, 0.25) is 0 Å². The zero-order valence-corrected chi connectivity index (χ0v) is 10.2. The molecule has 1 aliphatic heterocycles. The normalized spacial score (nSPS) is 23.7. The zero-order chi connectivity index (χ0) is 13.1. The Balaban J connectivity index is 2.09.